The fourth-order valence-corrected chi connectivity index (χ4v) is 3.70. The molecule has 1 aromatic carbocycles. The molecule has 0 saturated carbocycles. The van der Waals surface area contributed by atoms with Crippen LogP contribution in [0.5, 0.6) is 5.75 Å². The summed E-state index contributed by atoms with van der Waals surface area (Å²) < 4.78 is 10.3. The Labute approximate surface area is 168 Å². The van der Waals surface area contributed by atoms with Crippen LogP contribution in [-0.2, 0) is 4.74 Å². The maximum Gasteiger partial charge on any atom is 0.341 e. The van der Waals surface area contributed by atoms with E-state index in [1.807, 2.05) is 6.92 Å². The van der Waals surface area contributed by atoms with Gasteiger partial charge in [-0.25, -0.2) is 4.79 Å². The van der Waals surface area contributed by atoms with Crippen molar-refractivity contribution in [2.45, 2.75) is 27.2 Å². The van der Waals surface area contributed by atoms with Gasteiger partial charge in [-0.2, -0.15) is 0 Å². The van der Waals surface area contributed by atoms with E-state index in [1.165, 1.54) is 7.11 Å². The predicted molar refractivity (Wildman–Crippen MR) is 109 cm³/mol. The van der Waals surface area contributed by atoms with Gasteiger partial charge < -0.3 is 20.1 Å². The Morgan fingerprint density at radius 1 is 1.11 bits per heavy atom. The first-order valence-electron chi connectivity index (χ1n) is 8.97. The average Bonchev–Trinajstić information content (AvgIpc) is 3.02. The fourth-order valence-electron chi connectivity index (χ4n) is 2.59. The molecule has 7 nitrogen and oxygen atoms in total. The molecule has 150 valence electrons. The zero-order valence-corrected chi connectivity index (χ0v) is 17.2. The van der Waals surface area contributed by atoms with Crippen molar-refractivity contribution in [3.63, 3.8) is 0 Å². The number of esters is 1. The molecule has 0 spiro atoms. The number of carbonyl (C=O) groups excluding carboxylic acids is 3. The maximum absolute atomic E-state index is 12.8. The quantitative estimate of drug-likeness (QED) is 0.655. The summed E-state index contributed by atoms with van der Waals surface area (Å²) in [5.41, 5.74) is 0.993. The lowest BCUT2D eigenvalue weighted by atomic mass is 10.1. The number of benzene rings is 1. The number of amides is 2. The van der Waals surface area contributed by atoms with Gasteiger partial charge in [0.1, 0.15) is 10.8 Å². The summed E-state index contributed by atoms with van der Waals surface area (Å²) in [7, 11) is 1.47. The number of ether oxygens (including phenoxy) is 2. The molecule has 0 aliphatic heterocycles. The molecular formula is C20H24N2O5S. The minimum atomic E-state index is -0.582. The van der Waals surface area contributed by atoms with Gasteiger partial charge in [-0.05, 0) is 38.0 Å². The van der Waals surface area contributed by atoms with Gasteiger partial charge in [-0.3, -0.25) is 9.59 Å². The molecule has 28 heavy (non-hydrogen) atoms. The van der Waals surface area contributed by atoms with Gasteiger partial charge in [-0.15, -0.1) is 11.3 Å². The number of carbonyl (C=O) groups is 3. The second kappa shape index (κ2) is 9.89. The highest BCUT2D eigenvalue weighted by atomic mass is 32.1. The highest BCUT2D eigenvalue weighted by Crippen LogP contribution is 2.34. The predicted octanol–water partition coefficient (Wildman–Crippen LogP) is 3.63. The smallest absolute Gasteiger partial charge is 0.341 e. The second-order valence-corrected chi connectivity index (χ2v) is 6.91. The lowest BCUT2D eigenvalue weighted by Crippen LogP contribution is -2.23. The molecule has 0 unspecified atom stereocenters. The van der Waals surface area contributed by atoms with Crippen LogP contribution >= 0.6 is 11.3 Å². The normalized spacial score (nSPS) is 10.3. The van der Waals surface area contributed by atoms with Gasteiger partial charge in [0.25, 0.3) is 11.8 Å². The molecule has 0 atom stereocenters. The third kappa shape index (κ3) is 4.69. The van der Waals surface area contributed by atoms with E-state index in [4.69, 9.17) is 9.47 Å². The Balaban J connectivity index is 2.42. The Morgan fingerprint density at radius 3 is 2.46 bits per heavy atom. The van der Waals surface area contributed by atoms with Crippen molar-refractivity contribution in [3.8, 4) is 5.75 Å². The van der Waals surface area contributed by atoms with Crippen LogP contribution in [0.15, 0.2) is 24.3 Å². The number of para-hydroxylation sites is 1. The Hall–Kier alpha value is -2.87. The third-order valence-electron chi connectivity index (χ3n) is 3.95. The van der Waals surface area contributed by atoms with E-state index in [0.717, 1.165) is 17.8 Å². The van der Waals surface area contributed by atoms with Crippen molar-refractivity contribution < 1.29 is 23.9 Å². The molecule has 2 N–H and O–H groups in total. The number of thiophene rings is 1. The molecule has 8 heteroatoms. The molecule has 0 aliphatic carbocycles. The first-order valence-corrected chi connectivity index (χ1v) is 9.79. The topological polar surface area (TPSA) is 93.7 Å². The van der Waals surface area contributed by atoms with Crippen molar-refractivity contribution >= 4 is 34.1 Å². The summed E-state index contributed by atoms with van der Waals surface area (Å²) in [5, 5.41) is 5.79. The van der Waals surface area contributed by atoms with Crippen molar-refractivity contribution in [2.24, 2.45) is 0 Å². The van der Waals surface area contributed by atoms with Crippen LogP contribution in [0, 0.1) is 6.92 Å². The molecule has 0 radical (unpaired) electrons. The highest BCUT2D eigenvalue weighted by Gasteiger charge is 2.27. The molecular weight excluding hydrogens is 380 g/mol. The van der Waals surface area contributed by atoms with E-state index in [2.05, 4.69) is 10.6 Å². The van der Waals surface area contributed by atoms with Gasteiger partial charge in [0.2, 0.25) is 0 Å². The van der Waals surface area contributed by atoms with Crippen LogP contribution in [-0.4, -0.2) is 38.0 Å². The van der Waals surface area contributed by atoms with Crippen molar-refractivity contribution in [1.29, 1.82) is 0 Å². The Morgan fingerprint density at radius 2 is 1.82 bits per heavy atom. The van der Waals surface area contributed by atoms with E-state index in [0.29, 0.717) is 28.3 Å². The highest BCUT2D eigenvalue weighted by molar-refractivity contribution is 7.18. The van der Waals surface area contributed by atoms with Crippen LogP contribution in [0.3, 0.4) is 0 Å². The van der Waals surface area contributed by atoms with Crippen LogP contribution in [0.4, 0.5) is 5.00 Å². The lowest BCUT2D eigenvalue weighted by Gasteiger charge is -2.09. The van der Waals surface area contributed by atoms with Crippen molar-refractivity contribution in [1.82, 2.24) is 5.32 Å². The Bertz CT molecular complexity index is 875. The number of rotatable bonds is 8. The van der Waals surface area contributed by atoms with Crippen LogP contribution in [0.25, 0.3) is 0 Å². The van der Waals surface area contributed by atoms with Gasteiger partial charge in [0.15, 0.2) is 0 Å². The maximum atomic E-state index is 12.8. The fraction of sp³-hybridized carbons (Fsp3) is 0.350. The number of hydrogen-bond donors (Lipinski definition) is 2. The number of hydrogen-bond acceptors (Lipinski definition) is 6. The largest absolute Gasteiger partial charge is 0.496 e. The summed E-state index contributed by atoms with van der Waals surface area (Å²) in [6.45, 7) is 6.02. The second-order valence-electron chi connectivity index (χ2n) is 5.89. The van der Waals surface area contributed by atoms with Crippen LogP contribution in [0.2, 0.25) is 0 Å². The molecule has 1 aromatic heterocycles. The SMILES string of the molecule is CCCNC(=O)c1sc(NC(=O)c2ccccc2OC)c(C(=O)OCC)c1C. The van der Waals surface area contributed by atoms with E-state index in [-0.39, 0.29) is 23.1 Å². The zero-order chi connectivity index (χ0) is 20.7. The lowest BCUT2D eigenvalue weighted by molar-refractivity contribution is 0.0527. The number of nitrogens with one attached hydrogen (secondary N) is 2. The van der Waals surface area contributed by atoms with Crippen molar-refractivity contribution in [3.05, 3.63) is 45.8 Å². The Kier molecular flexibility index (Phi) is 7.57. The van der Waals surface area contributed by atoms with Gasteiger partial charge >= 0.3 is 5.97 Å². The average molecular weight is 404 g/mol. The standard InChI is InChI=1S/C20H24N2O5S/c1-5-11-21-18(24)16-12(3)15(20(25)27-6-2)19(28-16)22-17(23)13-9-7-8-10-14(13)26-4/h7-10H,5-6,11H2,1-4H3,(H,21,24)(H,22,23). The first-order chi connectivity index (χ1) is 13.4. The number of anilines is 1. The molecule has 2 aromatic rings. The summed E-state index contributed by atoms with van der Waals surface area (Å²) >= 11 is 1.05. The molecule has 2 amide bonds. The molecule has 0 fully saturated rings. The molecule has 0 saturated heterocycles. The van der Waals surface area contributed by atoms with Crippen molar-refractivity contribution in [2.75, 3.05) is 25.6 Å². The van der Waals surface area contributed by atoms with E-state index in [9.17, 15) is 14.4 Å². The minimum Gasteiger partial charge on any atom is -0.496 e. The summed E-state index contributed by atoms with van der Waals surface area (Å²) in [6.07, 6.45) is 0.790. The monoisotopic (exact) mass is 404 g/mol. The summed E-state index contributed by atoms with van der Waals surface area (Å²) in [6, 6.07) is 6.76. The zero-order valence-electron chi connectivity index (χ0n) is 16.4. The van der Waals surface area contributed by atoms with E-state index < -0.39 is 11.9 Å². The van der Waals surface area contributed by atoms with E-state index in [1.54, 1.807) is 38.1 Å². The molecule has 0 aliphatic rings. The van der Waals surface area contributed by atoms with Gasteiger partial charge in [0.05, 0.1) is 29.7 Å². The minimum absolute atomic E-state index is 0.186. The molecule has 0 bridgehead atoms. The molecule has 2 rings (SSSR count). The first kappa shape index (κ1) is 21.4. The summed E-state index contributed by atoms with van der Waals surface area (Å²) in [5.74, 6) is -0.898. The van der Waals surface area contributed by atoms with Crippen LogP contribution in [0.1, 0.15) is 56.2 Å². The number of methoxy groups -OCH3 is 1. The van der Waals surface area contributed by atoms with Gasteiger partial charge in [-0.1, -0.05) is 19.1 Å². The third-order valence-corrected chi connectivity index (χ3v) is 5.15. The van der Waals surface area contributed by atoms with Crippen LogP contribution < -0.4 is 15.4 Å². The molecule has 1 heterocycles. The van der Waals surface area contributed by atoms with Gasteiger partial charge in [0, 0.05) is 6.54 Å². The van der Waals surface area contributed by atoms with E-state index >= 15 is 0 Å². The summed E-state index contributed by atoms with van der Waals surface area (Å²) in [4.78, 5) is 38.0.